The molecule has 0 saturated heterocycles. The van der Waals surface area contributed by atoms with Crippen LogP contribution in [-0.4, -0.2) is 34.2 Å². The number of carboxylic acids is 1. The number of aliphatic hydroxyl groups is 1. The molecule has 0 aliphatic rings. The Morgan fingerprint density at radius 1 is 1.29 bits per heavy atom. The molecule has 1 unspecified atom stereocenters. The Morgan fingerprint density at radius 3 is 2.35 bits per heavy atom. The van der Waals surface area contributed by atoms with Crippen molar-refractivity contribution in [3.63, 3.8) is 0 Å². The number of carbonyl (C=O) groups excluding carboxylic acids is 1. The lowest BCUT2D eigenvalue weighted by Gasteiger charge is -2.25. The van der Waals surface area contributed by atoms with Gasteiger partial charge in [-0.2, -0.15) is 0 Å². The smallest absolute Gasteiger partial charge is 0.303 e. The molecule has 0 aliphatic carbocycles. The molecule has 5 heteroatoms. The van der Waals surface area contributed by atoms with E-state index in [1.807, 2.05) is 13.8 Å². The summed E-state index contributed by atoms with van der Waals surface area (Å²) in [6, 6.07) is 0. The fourth-order valence-corrected chi connectivity index (χ4v) is 1.73. The van der Waals surface area contributed by atoms with Crippen molar-refractivity contribution in [3.05, 3.63) is 0 Å². The van der Waals surface area contributed by atoms with Crippen LogP contribution in [0.1, 0.15) is 46.5 Å². The summed E-state index contributed by atoms with van der Waals surface area (Å²) in [4.78, 5) is 21.6. The molecule has 100 valence electrons. The second-order valence-electron chi connectivity index (χ2n) is 5.12. The molecule has 0 spiro atoms. The van der Waals surface area contributed by atoms with Crippen molar-refractivity contribution in [2.75, 3.05) is 6.54 Å². The SMILES string of the molecule is CC(C)CC(C)(O)CNC(=O)CCCC(=O)O. The van der Waals surface area contributed by atoms with E-state index >= 15 is 0 Å². The number of carboxylic acid groups (broad SMARTS) is 1. The van der Waals surface area contributed by atoms with Crippen LogP contribution in [0.15, 0.2) is 0 Å². The highest BCUT2D eigenvalue weighted by atomic mass is 16.4. The maximum atomic E-state index is 11.3. The standard InChI is InChI=1S/C12H23NO4/c1-9(2)7-12(3,17)8-13-10(14)5-4-6-11(15)16/h9,17H,4-8H2,1-3H3,(H,13,14)(H,15,16). The van der Waals surface area contributed by atoms with Crippen molar-refractivity contribution in [1.29, 1.82) is 0 Å². The van der Waals surface area contributed by atoms with Gasteiger partial charge in [-0.15, -0.1) is 0 Å². The number of aliphatic carboxylic acids is 1. The molecule has 0 fully saturated rings. The lowest BCUT2D eigenvalue weighted by molar-refractivity contribution is -0.137. The van der Waals surface area contributed by atoms with Gasteiger partial charge in [0.05, 0.1) is 5.60 Å². The molecule has 1 atom stereocenters. The van der Waals surface area contributed by atoms with E-state index < -0.39 is 11.6 Å². The quantitative estimate of drug-likeness (QED) is 0.599. The first-order chi connectivity index (χ1) is 7.73. The fourth-order valence-electron chi connectivity index (χ4n) is 1.73. The average Bonchev–Trinajstić information content (AvgIpc) is 2.12. The Balaban J connectivity index is 3.79. The number of carbonyl (C=O) groups is 2. The minimum absolute atomic E-state index is 0.00416. The van der Waals surface area contributed by atoms with E-state index in [4.69, 9.17) is 5.11 Å². The van der Waals surface area contributed by atoms with Gasteiger partial charge >= 0.3 is 5.97 Å². The van der Waals surface area contributed by atoms with Crippen molar-refractivity contribution in [1.82, 2.24) is 5.32 Å². The second-order valence-corrected chi connectivity index (χ2v) is 5.12. The third-order valence-corrected chi connectivity index (χ3v) is 2.31. The van der Waals surface area contributed by atoms with Gasteiger partial charge < -0.3 is 15.5 Å². The molecule has 0 aliphatic heterocycles. The molecule has 0 aromatic carbocycles. The molecule has 3 N–H and O–H groups in total. The maximum Gasteiger partial charge on any atom is 0.303 e. The Hall–Kier alpha value is -1.10. The predicted molar refractivity (Wildman–Crippen MR) is 64.6 cm³/mol. The zero-order valence-corrected chi connectivity index (χ0v) is 10.8. The van der Waals surface area contributed by atoms with Gasteiger partial charge in [-0.1, -0.05) is 13.8 Å². The molecule has 17 heavy (non-hydrogen) atoms. The third-order valence-electron chi connectivity index (χ3n) is 2.31. The zero-order valence-electron chi connectivity index (χ0n) is 10.8. The van der Waals surface area contributed by atoms with Crippen molar-refractivity contribution < 1.29 is 19.8 Å². The average molecular weight is 245 g/mol. The van der Waals surface area contributed by atoms with Crippen LogP contribution in [0.5, 0.6) is 0 Å². The number of rotatable bonds is 8. The van der Waals surface area contributed by atoms with Crippen molar-refractivity contribution in [2.45, 2.75) is 52.1 Å². The monoisotopic (exact) mass is 245 g/mol. The maximum absolute atomic E-state index is 11.3. The minimum atomic E-state index is -0.906. The first-order valence-electron chi connectivity index (χ1n) is 5.94. The second kappa shape index (κ2) is 7.27. The van der Waals surface area contributed by atoms with Crippen molar-refractivity contribution >= 4 is 11.9 Å². The normalized spacial score (nSPS) is 14.4. The predicted octanol–water partition coefficient (Wildman–Crippen LogP) is 1.15. The highest BCUT2D eigenvalue weighted by molar-refractivity contribution is 5.76. The topological polar surface area (TPSA) is 86.6 Å². The summed E-state index contributed by atoms with van der Waals surface area (Å²) in [5, 5.41) is 21.0. The van der Waals surface area contributed by atoms with E-state index in [0.717, 1.165) is 0 Å². The third kappa shape index (κ3) is 9.81. The molecule has 0 radical (unpaired) electrons. The summed E-state index contributed by atoms with van der Waals surface area (Å²) in [5.74, 6) is -0.756. The van der Waals surface area contributed by atoms with Crippen LogP contribution in [0, 0.1) is 5.92 Å². The molecule has 0 rings (SSSR count). The van der Waals surface area contributed by atoms with Crippen LogP contribution in [-0.2, 0) is 9.59 Å². The Bertz CT molecular complexity index is 261. The van der Waals surface area contributed by atoms with Gasteiger partial charge in [-0.05, 0) is 25.7 Å². The summed E-state index contributed by atoms with van der Waals surface area (Å²) >= 11 is 0. The molecule has 0 saturated carbocycles. The molecule has 0 aromatic heterocycles. The van der Waals surface area contributed by atoms with Gasteiger partial charge in [0.15, 0.2) is 0 Å². The van der Waals surface area contributed by atoms with Gasteiger partial charge in [0, 0.05) is 19.4 Å². The highest BCUT2D eigenvalue weighted by Crippen LogP contribution is 2.15. The molecule has 0 bridgehead atoms. The van der Waals surface area contributed by atoms with Crippen LogP contribution in [0.3, 0.4) is 0 Å². The van der Waals surface area contributed by atoms with Crippen LogP contribution >= 0.6 is 0 Å². The number of hydrogen-bond acceptors (Lipinski definition) is 3. The van der Waals surface area contributed by atoms with E-state index in [-0.39, 0.29) is 25.3 Å². The lowest BCUT2D eigenvalue weighted by Crippen LogP contribution is -2.41. The number of amides is 1. The van der Waals surface area contributed by atoms with Gasteiger partial charge in [-0.3, -0.25) is 9.59 Å². The summed E-state index contributed by atoms with van der Waals surface area (Å²) in [6.45, 7) is 5.90. The van der Waals surface area contributed by atoms with Crippen LogP contribution in [0.25, 0.3) is 0 Å². The highest BCUT2D eigenvalue weighted by Gasteiger charge is 2.22. The van der Waals surface area contributed by atoms with Gasteiger partial charge in [0.25, 0.3) is 0 Å². The number of nitrogens with one attached hydrogen (secondary N) is 1. The van der Waals surface area contributed by atoms with E-state index in [9.17, 15) is 14.7 Å². The van der Waals surface area contributed by atoms with E-state index in [0.29, 0.717) is 18.8 Å². The van der Waals surface area contributed by atoms with Crippen LogP contribution in [0.2, 0.25) is 0 Å². The molecular formula is C12H23NO4. The number of hydrogen-bond donors (Lipinski definition) is 3. The summed E-state index contributed by atoms with van der Waals surface area (Å²) in [6.07, 6.45) is 1.12. The largest absolute Gasteiger partial charge is 0.481 e. The van der Waals surface area contributed by atoms with E-state index in [1.165, 1.54) is 0 Å². The van der Waals surface area contributed by atoms with Crippen molar-refractivity contribution in [2.24, 2.45) is 5.92 Å². The first-order valence-corrected chi connectivity index (χ1v) is 5.94. The molecule has 0 heterocycles. The molecule has 1 amide bonds. The Labute approximate surface area is 102 Å². The zero-order chi connectivity index (χ0) is 13.5. The van der Waals surface area contributed by atoms with Gasteiger partial charge in [0.1, 0.15) is 0 Å². The summed E-state index contributed by atoms with van der Waals surface area (Å²) in [5.41, 5.74) is -0.906. The lowest BCUT2D eigenvalue weighted by atomic mass is 9.94. The molecular weight excluding hydrogens is 222 g/mol. The van der Waals surface area contributed by atoms with Crippen LogP contribution in [0.4, 0.5) is 0 Å². The Kier molecular flexibility index (Phi) is 6.80. The molecule has 5 nitrogen and oxygen atoms in total. The van der Waals surface area contributed by atoms with Crippen LogP contribution < -0.4 is 5.32 Å². The van der Waals surface area contributed by atoms with E-state index in [1.54, 1.807) is 6.92 Å². The summed E-state index contributed by atoms with van der Waals surface area (Å²) < 4.78 is 0. The summed E-state index contributed by atoms with van der Waals surface area (Å²) in [7, 11) is 0. The fraction of sp³-hybridized carbons (Fsp3) is 0.833. The first kappa shape index (κ1) is 15.9. The van der Waals surface area contributed by atoms with Gasteiger partial charge in [-0.25, -0.2) is 0 Å². The van der Waals surface area contributed by atoms with Gasteiger partial charge in [0.2, 0.25) is 5.91 Å². The van der Waals surface area contributed by atoms with Crippen molar-refractivity contribution in [3.8, 4) is 0 Å². The van der Waals surface area contributed by atoms with E-state index in [2.05, 4.69) is 5.32 Å². The Morgan fingerprint density at radius 2 is 1.88 bits per heavy atom. The minimum Gasteiger partial charge on any atom is -0.481 e. The molecule has 0 aromatic rings.